The average molecular weight is 422 g/mol. The topological polar surface area (TPSA) is 31.5 Å². The summed E-state index contributed by atoms with van der Waals surface area (Å²) in [5.74, 6) is 1.82. The first kappa shape index (κ1) is 20.1. The maximum absolute atomic E-state index is 5.32. The van der Waals surface area contributed by atoms with Gasteiger partial charge in [-0.3, -0.25) is 4.40 Å². The standard InChI is InChI=1S/C28H27N3O/c1-19-9-13-23(14-10-19)27-21(3)31-26(25-8-6-5-7-20(25)2)18-30(28(31)29-27)17-22-11-15-24(32-4)16-12-22/h5-16,18H,17H2,1-4H3. The lowest BCUT2D eigenvalue weighted by molar-refractivity contribution is 0.414. The molecule has 0 amide bonds. The van der Waals surface area contributed by atoms with Crippen molar-refractivity contribution >= 4 is 5.78 Å². The van der Waals surface area contributed by atoms with E-state index >= 15 is 0 Å². The number of hydrogen-bond donors (Lipinski definition) is 0. The minimum absolute atomic E-state index is 0.739. The SMILES string of the molecule is COc1ccc(Cn2cc(-c3ccccc3C)n3c(C)c(-c4ccc(C)cc4)nc23)cc1. The van der Waals surface area contributed by atoms with Crippen LogP contribution in [0.5, 0.6) is 5.75 Å². The number of rotatable bonds is 5. The quantitative estimate of drug-likeness (QED) is 0.326. The molecule has 5 aromatic rings. The second-order valence-electron chi connectivity index (χ2n) is 8.35. The van der Waals surface area contributed by atoms with E-state index in [-0.39, 0.29) is 0 Å². The zero-order valence-corrected chi connectivity index (χ0v) is 19.0. The highest BCUT2D eigenvalue weighted by atomic mass is 16.5. The van der Waals surface area contributed by atoms with Crippen LogP contribution in [0.3, 0.4) is 0 Å². The van der Waals surface area contributed by atoms with Gasteiger partial charge in [-0.05, 0) is 44.0 Å². The van der Waals surface area contributed by atoms with Gasteiger partial charge in [0.15, 0.2) is 0 Å². The third-order valence-corrected chi connectivity index (χ3v) is 6.12. The van der Waals surface area contributed by atoms with E-state index < -0.39 is 0 Å². The highest BCUT2D eigenvalue weighted by Gasteiger charge is 2.19. The Bertz CT molecular complexity index is 1390. The fourth-order valence-corrected chi connectivity index (χ4v) is 4.31. The summed E-state index contributed by atoms with van der Waals surface area (Å²) in [5.41, 5.74) is 9.41. The number of ether oxygens (including phenoxy) is 1. The molecule has 5 rings (SSSR count). The van der Waals surface area contributed by atoms with Crippen molar-refractivity contribution in [1.82, 2.24) is 14.0 Å². The molecule has 0 saturated heterocycles. The molecule has 4 heteroatoms. The fourth-order valence-electron chi connectivity index (χ4n) is 4.31. The van der Waals surface area contributed by atoms with Crippen LogP contribution in [0.4, 0.5) is 0 Å². The number of hydrogen-bond acceptors (Lipinski definition) is 2. The van der Waals surface area contributed by atoms with Crippen molar-refractivity contribution in [3.05, 3.63) is 101 Å². The number of imidazole rings is 2. The predicted molar refractivity (Wildman–Crippen MR) is 130 cm³/mol. The Kier molecular flexibility index (Phi) is 5.06. The van der Waals surface area contributed by atoms with Gasteiger partial charge in [0, 0.05) is 23.0 Å². The van der Waals surface area contributed by atoms with Gasteiger partial charge in [0.1, 0.15) is 5.75 Å². The Morgan fingerprint density at radius 1 is 0.844 bits per heavy atom. The molecular formula is C28H27N3O. The van der Waals surface area contributed by atoms with Crippen molar-refractivity contribution in [2.75, 3.05) is 7.11 Å². The Morgan fingerprint density at radius 2 is 1.56 bits per heavy atom. The number of aromatic nitrogens is 3. The molecule has 2 heterocycles. The minimum atomic E-state index is 0.739. The van der Waals surface area contributed by atoms with Crippen molar-refractivity contribution < 1.29 is 4.74 Å². The monoisotopic (exact) mass is 421 g/mol. The summed E-state index contributed by atoms with van der Waals surface area (Å²) >= 11 is 0. The van der Waals surface area contributed by atoms with Gasteiger partial charge in [0.25, 0.3) is 0 Å². The summed E-state index contributed by atoms with van der Waals surface area (Å²) in [4.78, 5) is 5.12. The van der Waals surface area contributed by atoms with Crippen molar-refractivity contribution in [2.24, 2.45) is 0 Å². The van der Waals surface area contributed by atoms with E-state index in [1.165, 1.54) is 22.3 Å². The molecule has 32 heavy (non-hydrogen) atoms. The van der Waals surface area contributed by atoms with Gasteiger partial charge in [-0.15, -0.1) is 0 Å². The molecule has 0 aliphatic rings. The molecule has 0 saturated carbocycles. The average Bonchev–Trinajstić information content (AvgIpc) is 3.33. The molecule has 0 unspecified atom stereocenters. The Labute approximate surface area is 188 Å². The van der Waals surface area contributed by atoms with Gasteiger partial charge in [-0.2, -0.15) is 0 Å². The smallest absolute Gasteiger partial charge is 0.215 e. The van der Waals surface area contributed by atoms with Gasteiger partial charge in [-0.1, -0.05) is 66.2 Å². The molecule has 0 aliphatic carbocycles. The number of methoxy groups -OCH3 is 1. The first-order valence-corrected chi connectivity index (χ1v) is 10.9. The number of nitrogens with zero attached hydrogens (tertiary/aromatic N) is 3. The molecule has 4 nitrogen and oxygen atoms in total. The van der Waals surface area contributed by atoms with Gasteiger partial charge in [0.05, 0.1) is 25.0 Å². The normalized spacial score (nSPS) is 11.2. The summed E-state index contributed by atoms with van der Waals surface area (Å²) in [7, 11) is 1.69. The highest BCUT2D eigenvalue weighted by molar-refractivity contribution is 5.72. The number of fused-ring (bicyclic) bond motifs is 1. The number of aryl methyl sites for hydroxylation is 3. The lowest BCUT2D eigenvalue weighted by Gasteiger charge is -2.07. The maximum atomic E-state index is 5.32. The Morgan fingerprint density at radius 3 is 2.25 bits per heavy atom. The first-order chi connectivity index (χ1) is 15.5. The second kappa shape index (κ2) is 8.04. The van der Waals surface area contributed by atoms with Crippen LogP contribution >= 0.6 is 0 Å². The molecule has 0 spiro atoms. The fraction of sp³-hybridized carbons (Fsp3) is 0.179. The van der Waals surface area contributed by atoms with E-state index in [1.807, 2.05) is 12.1 Å². The van der Waals surface area contributed by atoms with Crippen molar-refractivity contribution in [3.8, 4) is 28.3 Å². The van der Waals surface area contributed by atoms with E-state index in [0.29, 0.717) is 0 Å². The van der Waals surface area contributed by atoms with E-state index in [1.54, 1.807) is 7.11 Å². The molecule has 0 fully saturated rings. The molecule has 160 valence electrons. The maximum Gasteiger partial charge on any atom is 0.215 e. The minimum Gasteiger partial charge on any atom is -0.497 e. The lowest BCUT2D eigenvalue weighted by atomic mass is 10.1. The predicted octanol–water partition coefficient (Wildman–Crippen LogP) is 6.45. The van der Waals surface area contributed by atoms with Crippen molar-refractivity contribution in [3.63, 3.8) is 0 Å². The highest BCUT2D eigenvalue weighted by Crippen LogP contribution is 2.32. The van der Waals surface area contributed by atoms with Crippen LogP contribution in [0.2, 0.25) is 0 Å². The van der Waals surface area contributed by atoms with Crippen LogP contribution in [0.25, 0.3) is 28.3 Å². The molecule has 0 aliphatic heterocycles. The van der Waals surface area contributed by atoms with Crippen LogP contribution in [0.1, 0.15) is 22.4 Å². The molecule has 0 radical (unpaired) electrons. The molecule has 0 bridgehead atoms. The van der Waals surface area contributed by atoms with Crippen LogP contribution in [-0.2, 0) is 6.54 Å². The Hall–Kier alpha value is -3.79. The van der Waals surface area contributed by atoms with Gasteiger partial charge in [0.2, 0.25) is 5.78 Å². The third kappa shape index (κ3) is 3.48. The Balaban J connectivity index is 1.70. The zero-order valence-electron chi connectivity index (χ0n) is 19.0. The largest absolute Gasteiger partial charge is 0.497 e. The van der Waals surface area contributed by atoms with Gasteiger partial charge in [-0.25, -0.2) is 4.98 Å². The van der Waals surface area contributed by atoms with Crippen LogP contribution < -0.4 is 4.74 Å². The summed E-state index contributed by atoms with van der Waals surface area (Å²) in [6.45, 7) is 7.17. The zero-order chi connectivity index (χ0) is 22.2. The van der Waals surface area contributed by atoms with Crippen LogP contribution in [0.15, 0.2) is 79.0 Å². The van der Waals surface area contributed by atoms with Crippen molar-refractivity contribution in [2.45, 2.75) is 27.3 Å². The second-order valence-corrected chi connectivity index (χ2v) is 8.35. The summed E-state index contributed by atoms with van der Waals surface area (Å²) in [6, 6.07) is 25.4. The molecule has 0 atom stereocenters. The van der Waals surface area contributed by atoms with E-state index in [9.17, 15) is 0 Å². The lowest BCUT2D eigenvalue weighted by Crippen LogP contribution is -1.99. The molecular weight excluding hydrogens is 394 g/mol. The van der Waals surface area contributed by atoms with E-state index in [2.05, 4.69) is 96.6 Å². The van der Waals surface area contributed by atoms with Crippen LogP contribution in [-0.4, -0.2) is 21.1 Å². The molecule has 2 aromatic heterocycles. The summed E-state index contributed by atoms with van der Waals surface area (Å²) in [6.07, 6.45) is 2.22. The van der Waals surface area contributed by atoms with Gasteiger partial charge < -0.3 is 9.30 Å². The third-order valence-electron chi connectivity index (χ3n) is 6.12. The number of benzene rings is 3. The van der Waals surface area contributed by atoms with E-state index in [0.717, 1.165) is 40.7 Å². The van der Waals surface area contributed by atoms with Crippen molar-refractivity contribution in [1.29, 1.82) is 0 Å². The van der Waals surface area contributed by atoms with E-state index in [4.69, 9.17) is 9.72 Å². The molecule has 0 N–H and O–H groups in total. The summed E-state index contributed by atoms with van der Waals surface area (Å²) < 4.78 is 9.85. The van der Waals surface area contributed by atoms with Crippen LogP contribution in [0, 0.1) is 20.8 Å². The first-order valence-electron chi connectivity index (χ1n) is 10.9. The van der Waals surface area contributed by atoms with Gasteiger partial charge >= 0.3 is 0 Å². The molecule has 3 aromatic carbocycles. The summed E-state index contributed by atoms with van der Waals surface area (Å²) in [5, 5.41) is 0.